The first kappa shape index (κ1) is 22.3. The Balaban J connectivity index is 1.48. The number of hydrogen-bond acceptors (Lipinski definition) is 5. The molecule has 0 aliphatic rings. The molecule has 0 spiro atoms. The number of methoxy groups -OCH3 is 2. The lowest BCUT2D eigenvalue weighted by molar-refractivity contribution is 0.264. The van der Waals surface area contributed by atoms with Crippen LogP contribution >= 0.6 is 0 Å². The molecule has 0 unspecified atom stereocenters. The van der Waals surface area contributed by atoms with E-state index in [2.05, 4.69) is 17.2 Å². The minimum Gasteiger partial charge on any atom is -0.497 e. The number of para-hydroxylation sites is 2. The maximum atomic E-state index is 6.07. The Morgan fingerprint density at radius 2 is 1.67 bits per heavy atom. The molecule has 0 aliphatic heterocycles. The Hall–Kier alpha value is -3.93. The quantitative estimate of drug-likeness (QED) is 0.288. The normalized spacial score (nSPS) is 10.7. The number of rotatable bonds is 11. The predicted molar refractivity (Wildman–Crippen MR) is 129 cm³/mol. The number of hydrogen-bond donors (Lipinski definition) is 0. The van der Waals surface area contributed by atoms with Crippen LogP contribution in [0.1, 0.15) is 11.4 Å². The Kier molecular flexibility index (Phi) is 7.15. The van der Waals surface area contributed by atoms with Crippen molar-refractivity contribution in [3.05, 3.63) is 90.8 Å². The van der Waals surface area contributed by atoms with Gasteiger partial charge in [-0.15, -0.1) is 6.58 Å². The summed E-state index contributed by atoms with van der Waals surface area (Å²) in [7, 11) is 3.30. The molecule has 0 atom stereocenters. The van der Waals surface area contributed by atoms with Crippen molar-refractivity contribution in [2.24, 2.45) is 0 Å². The molecule has 4 aromatic rings. The van der Waals surface area contributed by atoms with Crippen LogP contribution in [0.2, 0.25) is 0 Å². The highest BCUT2D eigenvalue weighted by molar-refractivity contribution is 5.75. The predicted octanol–water partition coefficient (Wildman–Crippen LogP) is 5.44. The van der Waals surface area contributed by atoms with Gasteiger partial charge in [-0.2, -0.15) is 0 Å². The van der Waals surface area contributed by atoms with Gasteiger partial charge in [-0.3, -0.25) is 0 Å². The topological polar surface area (TPSA) is 54.7 Å². The first-order valence-corrected chi connectivity index (χ1v) is 10.8. The Morgan fingerprint density at radius 3 is 2.42 bits per heavy atom. The van der Waals surface area contributed by atoms with E-state index in [1.165, 1.54) is 0 Å². The fraction of sp³-hybridized carbons (Fsp3) is 0.222. The average molecular weight is 445 g/mol. The summed E-state index contributed by atoms with van der Waals surface area (Å²) in [5, 5.41) is 0. The van der Waals surface area contributed by atoms with Crippen molar-refractivity contribution in [3.8, 4) is 23.0 Å². The standard InChI is InChI=1S/C27H28N2O4/c1-4-7-20-10-15-25(26(18-20)31-3)32-17-16-29-24-9-6-5-8-23(24)28-27(29)19-33-22-13-11-21(30-2)12-14-22/h4-6,8-15,18H,1,7,16-17,19H2,2-3H3. The summed E-state index contributed by atoms with van der Waals surface area (Å²) in [6, 6.07) is 21.5. The third-order valence-electron chi connectivity index (χ3n) is 5.34. The third-order valence-corrected chi connectivity index (χ3v) is 5.34. The van der Waals surface area contributed by atoms with E-state index in [4.69, 9.17) is 23.9 Å². The fourth-order valence-electron chi connectivity index (χ4n) is 3.68. The van der Waals surface area contributed by atoms with E-state index < -0.39 is 0 Å². The van der Waals surface area contributed by atoms with Gasteiger partial charge in [-0.1, -0.05) is 24.3 Å². The van der Waals surface area contributed by atoms with Crippen LogP contribution in [0.15, 0.2) is 79.4 Å². The van der Waals surface area contributed by atoms with Crippen LogP contribution in [0.4, 0.5) is 0 Å². The molecule has 0 saturated heterocycles. The summed E-state index contributed by atoms with van der Waals surface area (Å²) in [4.78, 5) is 4.78. The van der Waals surface area contributed by atoms with Gasteiger partial charge in [-0.25, -0.2) is 4.98 Å². The van der Waals surface area contributed by atoms with Gasteiger partial charge in [0.2, 0.25) is 0 Å². The van der Waals surface area contributed by atoms with Crippen LogP contribution in [-0.2, 0) is 19.6 Å². The SMILES string of the molecule is C=CCc1ccc(OCCn2c(COc3ccc(OC)cc3)nc3ccccc32)c(OC)c1. The molecule has 6 heteroatoms. The zero-order valence-corrected chi connectivity index (χ0v) is 19.0. The van der Waals surface area contributed by atoms with E-state index in [-0.39, 0.29) is 0 Å². The Bertz CT molecular complexity index is 1210. The Morgan fingerprint density at radius 1 is 0.879 bits per heavy atom. The van der Waals surface area contributed by atoms with Crippen LogP contribution in [0, 0.1) is 0 Å². The minimum atomic E-state index is 0.348. The van der Waals surface area contributed by atoms with Gasteiger partial charge in [0.25, 0.3) is 0 Å². The van der Waals surface area contributed by atoms with Gasteiger partial charge >= 0.3 is 0 Å². The molecule has 170 valence electrons. The lowest BCUT2D eigenvalue weighted by atomic mass is 10.1. The molecule has 4 rings (SSSR count). The fourth-order valence-corrected chi connectivity index (χ4v) is 3.68. The second-order valence-electron chi connectivity index (χ2n) is 7.46. The van der Waals surface area contributed by atoms with Crippen molar-refractivity contribution < 1.29 is 18.9 Å². The van der Waals surface area contributed by atoms with E-state index in [0.717, 1.165) is 40.3 Å². The monoisotopic (exact) mass is 444 g/mol. The molecule has 0 aliphatic carbocycles. The maximum Gasteiger partial charge on any atom is 0.161 e. The zero-order chi connectivity index (χ0) is 23.0. The number of ether oxygens (including phenoxy) is 4. The number of nitrogens with zero attached hydrogens (tertiary/aromatic N) is 2. The summed E-state index contributed by atoms with van der Waals surface area (Å²) < 4.78 is 24.9. The zero-order valence-electron chi connectivity index (χ0n) is 19.0. The van der Waals surface area contributed by atoms with Crippen molar-refractivity contribution in [1.82, 2.24) is 9.55 Å². The minimum absolute atomic E-state index is 0.348. The van der Waals surface area contributed by atoms with Gasteiger partial charge in [0.1, 0.15) is 30.5 Å². The van der Waals surface area contributed by atoms with E-state index in [0.29, 0.717) is 31.3 Å². The van der Waals surface area contributed by atoms with Crippen molar-refractivity contribution in [2.75, 3.05) is 20.8 Å². The van der Waals surface area contributed by atoms with E-state index in [1.54, 1.807) is 14.2 Å². The summed E-state index contributed by atoms with van der Waals surface area (Å²) >= 11 is 0. The van der Waals surface area contributed by atoms with Gasteiger partial charge in [0, 0.05) is 0 Å². The van der Waals surface area contributed by atoms with Gasteiger partial charge in [0.15, 0.2) is 11.5 Å². The van der Waals surface area contributed by atoms with Gasteiger partial charge in [0.05, 0.1) is 31.8 Å². The van der Waals surface area contributed by atoms with E-state index in [1.807, 2.05) is 66.7 Å². The summed E-state index contributed by atoms with van der Waals surface area (Å²) in [5.41, 5.74) is 3.10. The molecule has 6 nitrogen and oxygen atoms in total. The lowest BCUT2D eigenvalue weighted by Gasteiger charge is -2.14. The molecule has 0 fully saturated rings. The summed E-state index contributed by atoms with van der Waals surface area (Å²) in [5.74, 6) is 3.82. The second kappa shape index (κ2) is 10.6. The highest BCUT2D eigenvalue weighted by atomic mass is 16.5. The van der Waals surface area contributed by atoms with Crippen molar-refractivity contribution in [2.45, 2.75) is 19.6 Å². The van der Waals surface area contributed by atoms with E-state index >= 15 is 0 Å². The first-order chi connectivity index (χ1) is 16.2. The van der Waals surface area contributed by atoms with Gasteiger partial charge in [-0.05, 0) is 60.5 Å². The largest absolute Gasteiger partial charge is 0.497 e. The molecule has 0 bridgehead atoms. The maximum absolute atomic E-state index is 6.07. The summed E-state index contributed by atoms with van der Waals surface area (Å²) in [6.07, 6.45) is 2.66. The van der Waals surface area contributed by atoms with Crippen molar-refractivity contribution in [1.29, 1.82) is 0 Å². The highest BCUT2D eigenvalue weighted by Crippen LogP contribution is 2.28. The number of imidazole rings is 1. The first-order valence-electron chi connectivity index (χ1n) is 10.8. The van der Waals surface area contributed by atoms with Gasteiger partial charge < -0.3 is 23.5 Å². The van der Waals surface area contributed by atoms with Crippen LogP contribution in [0.25, 0.3) is 11.0 Å². The molecule has 0 saturated carbocycles. The van der Waals surface area contributed by atoms with Crippen molar-refractivity contribution in [3.63, 3.8) is 0 Å². The molecule has 0 amide bonds. The van der Waals surface area contributed by atoms with Crippen molar-refractivity contribution >= 4 is 11.0 Å². The Labute approximate surface area is 194 Å². The molecular weight excluding hydrogens is 416 g/mol. The summed E-state index contributed by atoms with van der Waals surface area (Å²) in [6.45, 7) is 5.23. The second-order valence-corrected chi connectivity index (χ2v) is 7.46. The molecular formula is C27H28N2O4. The number of benzene rings is 3. The van der Waals surface area contributed by atoms with Crippen LogP contribution < -0.4 is 18.9 Å². The molecule has 3 aromatic carbocycles. The van der Waals surface area contributed by atoms with Crippen LogP contribution in [-0.4, -0.2) is 30.4 Å². The molecule has 0 radical (unpaired) electrons. The third kappa shape index (κ3) is 5.29. The molecule has 33 heavy (non-hydrogen) atoms. The lowest BCUT2D eigenvalue weighted by Crippen LogP contribution is -2.13. The van der Waals surface area contributed by atoms with Crippen LogP contribution in [0.5, 0.6) is 23.0 Å². The smallest absolute Gasteiger partial charge is 0.161 e. The molecule has 1 heterocycles. The highest BCUT2D eigenvalue weighted by Gasteiger charge is 2.12. The van der Waals surface area contributed by atoms with E-state index in [9.17, 15) is 0 Å². The number of allylic oxidation sites excluding steroid dienone is 1. The average Bonchev–Trinajstić information content (AvgIpc) is 3.21. The van der Waals surface area contributed by atoms with Crippen LogP contribution in [0.3, 0.4) is 0 Å². The molecule has 1 aromatic heterocycles. The number of aromatic nitrogens is 2. The number of fused-ring (bicyclic) bond motifs is 1. The molecule has 0 N–H and O–H groups in total.